The number of fused-ring (bicyclic) bond motifs is 6. The van der Waals surface area contributed by atoms with Gasteiger partial charge in [0.1, 0.15) is 59.0 Å². The van der Waals surface area contributed by atoms with Gasteiger partial charge in [-0.15, -0.1) is 22.7 Å². The molecule has 18 rings (SSSR count). The number of nitrogen functional groups attached to an aromatic ring is 3. The SMILES string of the molecule is Nc1ncnc2c1c(-c1ccc(CNC(=O)c3cc4ccccc4s3)cc1)nn2C1CCC(O)CC1.Nc1ncnc2c1c(-c1ccc(CNC(=O)c3cccc4ncoc34)cc1)nn2C1CCC(O)CC1.Nc1ncnc2c1c(-c1ccc(CNC(=O)c3nc4ccccc4s3)cc1)nn2C1CCC(O)CC1. The van der Waals surface area contributed by atoms with Crippen molar-refractivity contribution in [2.24, 2.45) is 0 Å². The molecule has 3 saturated carbocycles. The molecule has 29 heteroatoms. The van der Waals surface area contributed by atoms with Crippen LogP contribution < -0.4 is 33.2 Å². The van der Waals surface area contributed by atoms with E-state index in [9.17, 15) is 29.7 Å². The number of hydrogen-bond donors (Lipinski definition) is 9. The van der Waals surface area contributed by atoms with Crippen molar-refractivity contribution in [3.05, 3.63) is 203 Å². The number of nitrogens with two attached hydrogens (primary N) is 3. The molecule has 27 nitrogen and oxygen atoms in total. The lowest BCUT2D eigenvalue weighted by Crippen LogP contribution is -2.22. The number of amides is 3. The number of nitrogens with one attached hydrogen (secondary N) is 3. The molecule has 108 heavy (non-hydrogen) atoms. The van der Waals surface area contributed by atoms with Crippen LogP contribution in [0.2, 0.25) is 0 Å². The van der Waals surface area contributed by atoms with E-state index >= 15 is 0 Å². The van der Waals surface area contributed by atoms with E-state index in [4.69, 9.17) is 36.9 Å². The Morgan fingerprint density at radius 1 is 0.435 bits per heavy atom. The Morgan fingerprint density at radius 3 is 1.29 bits per heavy atom. The fraction of sp³-hybridized carbons (Fsp3) is 0.266. The molecule has 3 amide bonds. The number of thiazole rings is 1. The second-order valence-corrected chi connectivity index (χ2v) is 29.5. The Kier molecular flexibility index (Phi) is 20.1. The second-order valence-electron chi connectivity index (χ2n) is 27.4. The van der Waals surface area contributed by atoms with Crippen LogP contribution in [0.15, 0.2) is 175 Å². The topological polar surface area (TPSA) is 396 Å². The molecule has 0 saturated heterocycles. The maximum absolute atomic E-state index is 12.7. The molecule has 0 spiro atoms. The number of aliphatic hydroxyl groups is 3. The molecule has 15 aromatic rings. The van der Waals surface area contributed by atoms with Crippen LogP contribution in [-0.2, 0) is 19.6 Å². The number of hydrogen-bond acceptors (Lipinski definition) is 23. The minimum absolute atomic E-state index is 0.0764. The maximum Gasteiger partial charge on any atom is 0.280 e. The number of benzene rings is 6. The molecule has 9 aromatic heterocycles. The van der Waals surface area contributed by atoms with Crippen molar-refractivity contribution >= 4 is 122 Å². The third-order valence-electron chi connectivity index (χ3n) is 20.4. The first-order valence-corrected chi connectivity index (χ1v) is 37.6. The largest absolute Gasteiger partial charge is 0.443 e. The number of carbonyl (C=O) groups excluding carboxylic acids is 3. The van der Waals surface area contributed by atoms with Crippen molar-refractivity contribution in [3.8, 4) is 33.8 Å². The summed E-state index contributed by atoms with van der Waals surface area (Å²) < 4.78 is 13.3. The Hall–Kier alpha value is -12.0. The first-order chi connectivity index (χ1) is 52.7. The molecule has 3 aliphatic carbocycles. The monoisotopic (exact) mass is 1480 g/mol. The quantitative estimate of drug-likeness (QED) is 0.0460. The fourth-order valence-electron chi connectivity index (χ4n) is 14.5. The number of oxazole rings is 1. The standard InChI is InChI=1S/C27H26N6O2S.C26H25N7O3.C26H25N7O2S/c28-25-23-24(32-33(26(23)31-15-30-25)19-9-11-20(34)12-10-19)17-7-5-16(6-8-17)14-29-27(35)22-13-18-3-1-2-4-21(18)36-22;27-24-21-22(32-33(25(21)30-13-29-24)17-8-10-18(34)11-9-17)16-6-4-15(5-7-16)12-28-26(35)19-2-1-3-20-23(19)36-14-31-20;27-23-21-22(32-33(24(21)30-14-29-23)17-9-11-18(34)12-10-17)16-7-5-15(6-8-16)13-28-25(35)26-31-19-3-1-2-4-20(19)36-26/h1-8,13,15,19-20,34H,9-12,14H2,(H,29,35)(H2,28,30,31);1-7,13-14,17-18,34H,8-12H2,(H,28,35)(H2,27,29,30);1-8,14,17-18,34H,9-13H2,(H,28,35)(H2,27,29,30). The van der Waals surface area contributed by atoms with Crippen LogP contribution in [0, 0.1) is 0 Å². The Labute approximate surface area is 625 Å². The van der Waals surface area contributed by atoms with Crippen LogP contribution in [0.5, 0.6) is 0 Å². The smallest absolute Gasteiger partial charge is 0.280 e. The number of rotatable bonds is 15. The predicted octanol–water partition coefficient (Wildman–Crippen LogP) is 12.4. The summed E-state index contributed by atoms with van der Waals surface area (Å²) in [5.41, 5.74) is 31.1. The molecule has 3 fully saturated rings. The van der Waals surface area contributed by atoms with E-state index < -0.39 is 0 Å². The molecular weight excluding hydrogens is 1410 g/mol. The van der Waals surface area contributed by atoms with Gasteiger partial charge in [0, 0.05) is 41.0 Å². The molecule has 0 bridgehead atoms. The van der Waals surface area contributed by atoms with E-state index in [0.717, 1.165) is 170 Å². The summed E-state index contributed by atoms with van der Waals surface area (Å²) in [6.45, 7) is 1.17. The third-order valence-corrected chi connectivity index (χ3v) is 22.5. The van der Waals surface area contributed by atoms with Crippen LogP contribution in [0.1, 0.15) is 142 Å². The van der Waals surface area contributed by atoms with E-state index in [1.54, 1.807) is 18.2 Å². The first-order valence-electron chi connectivity index (χ1n) is 36.0. The summed E-state index contributed by atoms with van der Waals surface area (Å²) in [5.74, 6) is 0.685. The van der Waals surface area contributed by atoms with E-state index in [2.05, 4.69) is 55.8 Å². The summed E-state index contributed by atoms with van der Waals surface area (Å²) in [6, 6.07) is 47.1. The summed E-state index contributed by atoms with van der Waals surface area (Å²) in [6.07, 6.45) is 14.5. The number of nitrogens with zero attached hydrogens (tertiary/aromatic N) is 14. The van der Waals surface area contributed by atoms with Crippen molar-refractivity contribution in [1.29, 1.82) is 0 Å². The average molecular weight is 1480 g/mol. The number of anilines is 3. The summed E-state index contributed by atoms with van der Waals surface area (Å²) in [5, 5.41) is 57.1. The van der Waals surface area contributed by atoms with E-state index in [0.29, 0.717) is 74.9 Å². The van der Waals surface area contributed by atoms with Gasteiger partial charge >= 0.3 is 0 Å². The second kappa shape index (κ2) is 30.8. The predicted molar refractivity (Wildman–Crippen MR) is 415 cm³/mol. The van der Waals surface area contributed by atoms with Crippen LogP contribution in [0.4, 0.5) is 17.5 Å². The van der Waals surface area contributed by atoms with Gasteiger partial charge in [0.15, 0.2) is 33.9 Å². The minimum Gasteiger partial charge on any atom is -0.443 e. The lowest BCUT2D eigenvalue weighted by molar-refractivity contribution is 0.0943. The summed E-state index contributed by atoms with van der Waals surface area (Å²) in [4.78, 5) is 73.3. The van der Waals surface area contributed by atoms with Crippen molar-refractivity contribution in [1.82, 2.24) is 85.2 Å². The fourth-order valence-corrected chi connectivity index (χ4v) is 16.4. The Morgan fingerprint density at radius 2 is 0.843 bits per heavy atom. The zero-order valence-electron chi connectivity index (χ0n) is 58.5. The minimum atomic E-state index is -0.251. The first kappa shape index (κ1) is 70.3. The Bertz CT molecular complexity index is 5470. The normalized spacial score (nSPS) is 18.0. The number of aliphatic hydroxyl groups excluding tert-OH is 3. The summed E-state index contributed by atoms with van der Waals surface area (Å²) >= 11 is 2.88. The highest BCUT2D eigenvalue weighted by molar-refractivity contribution is 7.21. The van der Waals surface area contributed by atoms with Gasteiger partial charge in [-0.05, 0) is 136 Å². The molecule has 0 aliphatic heterocycles. The van der Waals surface area contributed by atoms with E-state index in [1.165, 1.54) is 48.0 Å². The van der Waals surface area contributed by atoms with Gasteiger partial charge in [-0.1, -0.05) is 109 Å². The average Bonchev–Trinajstić information content (AvgIpc) is 1.62. The van der Waals surface area contributed by atoms with Crippen LogP contribution in [0.25, 0.3) is 98.3 Å². The number of para-hydroxylation sites is 2. The summed E-state index contributed by atoms with van der Waals surface area (Å²) in [7, 11) is 0. The number of thiophene rings is 1. The van der Waals surface area contributed by atoms with Crippen molar-refractivity contribution in [2.45, 2.75) is 133 Å². The van der Waals surface area contributed by atoms with Gasteiger partial charge in [-0.2, -0.15) is 15.3 Å². The molecule has 0 atom stereocenters. The molecule has 0 radical (unpaired) electrons. The molecule has 6 aromatic carbocycles. The molecule has 3 aliphatic rings. The highest BCUT2D eigenvalue weighted by Gasteiger charge is 2.30. The number of aromatic nitrogens is 14. The van der Waals surface area contributed by atoms with Crippen LogP contribution >= 0.6 is 22.7 Å². The van der Waals surface area contributed by atoms with Gasteiger partial charge < -0.3 is 52.9 Å². The maximum atomic E-state index is 12.7. The van der Waals surface area contributed by atoms with Gasteiger partial charge in [0.05, 0.1) is 73.3 Å². The van der Waals surface area contributed by atoms with Crippen LogP contribution in [-0.4, -0.2) is 121 Å². The van der Waals surface area contributed by atoms with E-state index in [-0.39, 0.29) is 54.2 Å². The molecule has 546 valence electrons. The zero-order chi connectivity index (χ0) is 73.9. The van der Waals surface area contributed by atoms with E-state index in [1.807, 2.05) is 141 Å². The molecular formula is C79H76N20O7S2. The van der Waals surface area contributed by atoms with Gasteiger partial charge in [0.2, 0.25) is 0 Å². The van der Waals surface area contributed by atoms with Crippen molar-refractivity contribution < 1.29 is 34.1 Å². The molecule has 12 N–H and O–H groups in total. The number of carbonyl (C=O) groups is 3. The van der Waals surface area contributed by atoms with Crippen molar-refractivity contribution in [3.63, 3.8) is 0 Å². The zero-order valence-corrected chi connectivity index (χ0v) is 60.2. The van der Waals surface area contributed by atoms with Gasteiger partial charge in [-0.25, -0.2) is 53.9 Å². The van der Waals surface area contributed by atoms with Gasteiger partial charge in [-0.3, -0.25) is 14.4 Å². The lowest BCUT2D eigenvalue weighted by atomic mass is 9.93. The highest BCUT2D eigenvalue weighted by Crippen LogP contribution is 2.40. The third kappa shape index (κ3) is 14.7. The van der Waals surface area contributed by atoms with Crippen LogP contribution in [0.3, 0.4) is 0 Å². The highest BCUT2D eigenvalue weighted by atomic mass is 32.1. The Balaban J connectivity index is 0.000000124. The van der Waals surface area contributed by atoms with Gasteiger partial charge in [0.25, 0.3) is 17.7 Å². The van der Waals surface area contributed by atoms with Crippen molar-refractivity contribution in [2.75, 3.05) is 17.2 Å². The molecule has 0 unspecified atom stereocenters. The lowest BCUT2D eigenvalue weighted by Gasteiger charge is -2.25. The molecule has 9 heterocycles.